The van der Waals surface area contributed by atoms with Crippen LogP contribution in [-0.2, 0) is 9.53 Å². The molecule has 1 heterocycles. The van der Waals surface area contributed by atoms with Gasteiger partial charge in [0.1, 0.15) is 0 Å². The molecule has 5 heteroatoms. The van der Waals surface area contributed by atoms with Gasteiger partial charge in [-0.15, -0.1) is 0 Å². The van der Waals surface area contributed by atoms with Gasteiger partial charge in [0.05, 0.1) is 5.92 Å². The quantitative estimate of drug-likeness (QED) is 0.542. The predicted molar refractivity (Wildman–Crippen MR) is 96.1 cm³/mol. The number of carbonyl (C=O) groups is 1. The molecule has 0 fully saturated rings. The number of rotatable bonds is 2. The standard InChI is InChI=1S/C22H15F3O2/c23-22(24,25)19-13-18(15-7-2-1-3-8-15)20(21(26)27-19)17-11-10-14-6-4-5-9-16(14)12-17/h1-13,18,20H/t18-,20-/m0/s1. The molecule has 1 aliphatic rings. The van der Waals surface area contributed by atoms with Gasteiger partial charge in [0.15, 0.2) is 0 Å². The summed E-state index contributed by atoms with van der Waals surface area (Å²) >= 11 is 0. The Bertz CT molecular complexity index is 1020. The number of hydrogen-bond donors (Lipinski definition) is 0. The van der Waals surface area contributed by atoms with Gasteiger partial charge >= 0.3 is 12.1 Å². The van der Waals surface area contributed by atoms with E-state index < -0.39 is 29.7 Å². The van der Waals surface area contributed by atoms with E-state index in [0.717, 1.165) is 16.8 Å². The van der Waals surface area contributed by atoms with Gasteiger partial charge in [0, 0.05) is 5.92 Å². The van der Waals surface area contributed by atoms with Crippen LogP contribution >= 0.6 is 0 Å². The fourth-order valence-electron chi connectivity index (χ4n) is 3.47. The van der Waals surface area contributed by atoms with E-state index >= 15 is 0 Å². The summed E-state index contributed by atoms with van der Waals surface area (Å²) in [6.07, 6.45) is -3.70. The van der Waals surface area contributed by atoms with Crippen LogP contribution in [0.5, 0.6) is 0 Å². The van der Waals surface area contributed by atoms with Crippen LogP contribution in [0.4, 0.5) is 13.2 Å². The van der Waals surface area contributed by atoms with Gasteiger partial charge in [-0.1, -0.05) is 72.8 Å². The van der Waals surface area contributed by atoms with E-state index in [1.165, 1.54) is 0 Å². The molecule has 0 bridgehead atoms. The highest BCUT2D eigenvalue weighted by atomic mass is 19.4. The Labute approximate surface area is 153 Å². The molecule has 0 radical (unpaired) electrons. The molecule has 0 spiro atoms. The van der Waals surface area contributed by atoms with Crippen molar-refractivity contribution >= 4 is 16.7 Å². The van der Waals surface area contributed by atoms with Crippen molar-refractivity contribution in [2.45, 2.75) is 18.0 Å². The topological polar surface area (TPSA) is 26.3 Å². The number of alkyl halides is 3. The molecule has 0 aliphatic carbocycles. The number of carbonyl (C=O) groups excluding carboxylic acids is 1. The fraction of sp³-hybridized carbons (Fsp3) is 0.136. The van der Waals surface area contributed by atoms with Crippen LogP contribution in [0.1, 0.15) is 23.0 Å². The fourth-order valence-corrected chi connectivity index (χ4v) is 3.47. The first kappa shape index (κ1) is 17.3. The van der Waals surface area contributed by atoms with Crippen molar-refractivity contribution in [2.24, 2.45) is 0 Å². The second-order valence-electron chi connectivity index (χ2n) is 6.47. The van der Waals surface area contributed by atoms with E-state index in [1.807, 2.05) is 36.4 Å². The highest BCUT2D eigenvalue weighted by molar-refractivity contribution is 5.87. The van der Waals surface area contributed by atoms with E-state index in [4.69, 9.17) is 0 Å². The molecule has 0 saturated carbocycles. The van der Waals surface area contributed by atoms with E-state index in [2.05, 4.69) is 4.74 Å². The Morgan fingerprint density at radius 3 is 2.15 bits per heavy atom. The van der Waals surface area contributed by atoms with Crippen molar-refractivity contribution in [3.05, 3.63) is 95.8 Å². The van der Waals surface area contributed by atoms with E-state index in [1.54, 1.807) is 36.4 Å². The summed E-state index contributed by atoms with van der Waals surface area (Å²) in [7, 11) is 0. The third-order valence-corrected chi connectivity index (χ3v) is 4.75. The molecule has 0 saturated heterocycles. The van der Waals surface area contributed by atoms with Crippen LogP contribution in [0.15, 0.2) is 84.6 Å². The van der Waals surface area contributed by atoms with Crippen LogP contribution in [0.2, 0.25) is 0 Å². The van der Waals surface area contributed by atoms with Gasteiger partial charge in [-0.05, 0) is 28.0 Å². The molecule has 0 amide bonds. The molecule has 1 aliphatic heterocycles. The van der Waals surface area contributed by atoms with Gasteiger partial charge in [-0.25, -0.2) is 0 Å². The summed E-state index contributed by atoms with van der Waals surface area (Å²) in [6.45, 7) is 0. The highest BCUT2D eigenvalue weighted by Gasteiger charge is 2.45. The second kappa shape index (κ2) is 6.58. The van der Waals surface area contributed by atoms with E-state index in [9.17, 15) is 18.0 Å². The summed E-state index contributed by atoms with van der Waals surface area (Å²) in [6, 6.07) is 21.8. The Balaban J connectivity index is 1.85. The van der Waals surface area contributed by atoms with Crippen molar-refractivity contribution < 1.29 is 22.7 Å². The molecule has 0 unspecified atom stereocenters. The number of esters is 1. The number of fused-ring (bicyclic) bond motifs is 1. The van der Waals surface area contributed by atoms with Crippen molar-refractivity contribution in [2.75, 3.05) is 0 Å². The zero-order chi connectivity index (χ0) is 19.0. The average molecular weight is 368 g/mol. The maximum Gasteiger partial charge on any atom is 0.449 e. The number of ether oxygens (including phenoxy) is 1. The smallest absolute Gasteiger partial charge is 0.421 e. The first-order valence-electron chi connectivity index (χ1n) is 8.48. The van der Waals surface area contributed by atoms with E-state index in [-0.39, 0.29) is 0 Å². The Morgan fingerprint density at radius 2 is 1.44 bits per heavy atom. The highest BCUT2D eigenvalue weighted by Crippen LogP contribution is 2.43. The number of cyclic esters (lactones) is 1. The number of hydrogen-bond acceptors (Lipinski definition) is 2. The van der Waals surface area contributed by atoms with Crippen molar-refractivity contribution in [1.29, 1.82) is 0 Å². The lowest BCUT2D eigenvalue weighted by molar-refractivity contribution is -0.164. The first-order chi connectivity index (χ1) is 12.9. The lowest BCUT2D eigenvalue weighted by atomic mass is 9.79. The Hall–Kier alpha value is -3.08. The van der Waals surface area contributed by atoms with Crippen LogP contribution in [0.25, 0.3) is 10.8 Å². The summed E-state index contributed by atoms with van der Waals surface area (Å²) in [5.74, 6) is -3.75. The first-order valence-corrected chi connectivity index (χ1v) is 8.48. The van der Waals surface area contributed by atoms with Crippen LogP contribution in [0.3, 0.4) is 0 Å². The molecule has 27 heavy (non-hydrogen) atoms. The van der Waals surface area contributed by atoms with Crippen molar-refractivity contribution in [1.82, 2.24) is 0 Å². The summed E-state index contributed by atoms with van der Waals surface area (Å²) in [5, 5.41) is 1.91. The average Bonchev–Trinajstić information content (AvgIpc) is 2.67. The Morgan fingerprint density at radius 1 is 0.778 bits per heavy atom. The van der Waals surface area contributed by atoms with Crippen LogP contribution in [0, 0.1) is 0 Å². The summed E-state index contributed by atoms with van der Waals surface area (Å²) in [5.41, 5.74) is 1.26. The van der Waals surface area contributed by atoms with E-state index in [0.29, 0.717) is 11.1 Å². The van der Waals surface area contributed by atoms with Crippen molar-refractivity contribution in [3.8, 4) is 0 Å². The lowest BCUT2D eigenvalue weighted by Gasteiger charge is -2.30. The summed E-state index contributed by atoms with van der Waals surface area (Å²) < 4.78 is 44.3. The maximum atomic E-state index is 13.2. The van der Waals surface area contributed by atoms with Gasteiger partial charge in [0.25, 0.3) is 0 Å². The normalized spacial score (nSPS) is 20.3. The minimum absolute atomic E-state index is 0.630. The molecule has 2 atom stereocenters. The maximum absolute atomic E-state index is 13.2. The molecular formula is C22H15F3O2. The molecule has 3 aromatic rings. The van der Waals surface area contributed by atoms with Gasteiger partial charge < -0.3 is 4.74 Å². The third-order valence-electron chi connectivity index (χ3n) is 4.75. The molecule has 0 aromatic heterocycles. The third kappa shape index (κ3) is 3.33. The molecule has 2 nitrogen and oxygen atoms in total. The second-order valence-corrected chi connectivity index (χ2v) is 6.47. The molecule has 3 aromatic carbocycles. The Kier molecular flexibility index (Phi) is 4.22. The minimum Gasteiger partial charge on any atom is -0.421 e. The zero-order valence-corrected chi connectivity index (χ0v) is 14.1. The molecule has 0 N–H and O–H groups in total. The predicted octanol–water partition coefficient (Wildman–Crippen LogP) is 5.71. The number of allylic oxidation sites excluding steroid dienone is 2. The lowest BCUT2D eigenvalue weighted by Crippen LogP contribution is -2.31. The monoisotopic (exact) mass is 368 g/mol. The van der Waals surface area contributed by atoms with Gasteiger partial charge in [-0.3, -0.25) is 4.79 Å². The number of halogens is 3. The van der Waals surface area contributed by atoms with Crippen LogP contribution < -0.4 is 0 Å². The van der Waals surface area contributed by atoms with Gasteiger partial charge in [0.2, 0.25) is 5.76 Å². The molecule has 136 valence electrons. The van der Waals surface area contributed by atoms with Crippen molar-refractivity contribution in [3.63, 3.8) is 0 Å². The zero-order valence-electron chi connectivity index (χ0n) is 14.1. The molecular weight excluding hydrogens is 353 g/mol. The van der Waals surface area contributed by atoms with Gasteiger partial charge in [-0.2, -0.15) is 13.2 Å². The number of benzene rings is 3. The van der Waals surface area contributed by atoms with Crippen LogP contribution in [-0.4, -0.2) is 12.1 Å². The minimum atomic E-state index is -4.71. The largest absolute Gasteiger partial charge is 0.449 e. The SMILES string of the molecule is O=C1OC(C(F)(F)F)=C[C@@H](c2ccccc2)[C@@H]1c1ccc2ccccc2c1. The molecule has 4 rings (SSSR count). The summed E-state index contributed by atoms with van der Waals surface area (Å²) in [4.78, 5) is 12.6.